The van der Waals surface area contributed by atoms with Crippen LogP contribution in [0.4, 0.5) is 0 Å². The van der Waals surface area contributed by atoms with Gasteiger partial charge in [0, 0.05) is 33.4 Å². The molecule has 0 fully saturated rings. The summed E-state index contributed by atoms with van der Waals surface area (Å²) in [6.07, 6.45) is 0. The highest BCUT2D eigenvalue weighted by Crippen LogP contribution is 2.36. The van der Waals surface area contributed by atoms with Gasteiger partial charge < -0.3 is 10.2 Å². The lowest BCUT2D eigenvalue weighted by Gasteiger charge is -2.21. The van der Waals surface area contributed by atoms with E-state index in [1.807, 2.05) is 0 Å². The van der Waals surface area contributed by atoms with E-state index in [9.17, 15) is 19.8 Å². The fourth-order valence-electron chi connectivity index (χ4n) is 2.64. The molecule has 0 aromatic heterocycles. The van der Waals surface area contributed by atoms with E-state index in [4.69, 9.17) is 0 Å². The molecule has 0 saturated heterocycles. The van der Waals surface area contributed by atoms with Gasteiger partial charge in [0.15, 0.2) is 11.6 Å². The Morgan fingerprint density at radius 2 is 1.10 bits per heavy atom. The van der Waals surface area contributed by atoms with Gasteiger partial charge in [-0.15, -0.1) is 0 Å². The second-order valence-electron chi connectivity index (χ2n) is 4.92. The SMILES string of the molecule is Cc1c(O)ccc2c1C(=O)c1c(ccc(O)c1C)C2=O. The lowest BCUT2D eigenvalue weighted by molar-refractivity contribution is 0.0977. The number of rotatable bonds is 0. The number of aromatic hydroxyl groups is 2. The van der Waals surface area contributed by atoms with Crippen molar-refractivity contribution in [2.24, 2.45) is 0 Å². The van der Waals surface area contributed by atoms with Crippen molar-refractivity contribution >= 4 is 11.6 Å². The Balaban J connectivity index is 2.41. The highest BCUT2D eigenvalue weighted by atomic mass is 16.3. The van der Waals surface area contributed by atoms with Gasteiger partial charge in [0.05, 0.1) is 0 Å². The van der Waals surface area contributed by atoms with E-state index < -0.39 is 0 Å². The molecular formula is C16H12O4. The van der Waals surface area contributed by atoms with Crippen LogP contribution in [0, 0.1) is 13.8 Å². The number of carbonyl (C=O) groups excluding carboxylic acids is 2. The van der Waals surface area contributed by atoms with Gasteiger partial charge in [0.1, 0.15) is 11.5 Å². The fourth-order valence-corrected chi connectivity index (χ4v) is 2.64. The first-order valence-corrected chi connectivity index (χ1v) is 6.18. The lowest BCUT2D eigenvalue weighted by Crippen LogP contribution is -2.23. The molecule has 4 nitrogen and oxygen atoms in total. The summed E-state index contributed by atoms with van der Waals surface area (Å²) in [5.41, 5.74) is 1.79. The van der Waals surface area contributed by atoms with Crippen LogP contribution < -0.4 is 0 Å². The molecule has 1 aliphatic carbocycles. The van der Waals surface area contributed by atoms with E-state index in [1.54, 1.807) is 13.8 Å². The molecule has 0 amide bonds. The summed E-state index contributed by atoms with van der Waals surface area (Å²) in [6, 6.07) is 5.75. The predicted octanol–water partition coefficient (Wildman–Crippen LogP) is 2.49. The van der Waals surface area contributed by atoms with Gasteiger partial charge in [-0.3, -0.25) is 9.59 Å². The van der Waals surface area contributed by atoms with Crippen molar-refractivity contribution in [1.29, 1.82) is 0 Å². The van der Waals surface area contributed by atoms with E-state index in [-0.39, 0.29) is 34.2 Å². The standard InChI is InChI=1S/C16H12O4/c1-7-11(17)5-3-9-13(7)16(20)14-8(2)12(18)6-4-10(14)15(9)19/h3-6,17-18H,1-2H3. The van der Waals surface area contributed by atoms with Crippen LogP contribution in [0.2, 0.25) is 0 Å². The van der Waals surface area contributed by atoms with Crippen molar-refractivity contribution in [3.05, 3.63) is 57.6 Å². The molecule has 0 aliphatic heterocycles. The molecule has 4 heteroatoms. The minimum absolute atomic E-state index is 0.0221. The van der Waals surface area contributed by atoms with E-state index in [0.717, 1.165) is 0 Å². The minimum atomic E-state index is -0.337. The summed E-state index contributed by atoms with van der Waals surface area (Å²) in [7, 11) is 0. The van der Waals surface area contributed by atoms with Crippen molar-refractivity contribution in [3.8, 4) is 11.5 Å². The zero-order valence-corrected chi connectivity index (χ0v) is 11.0. The molecule has 3 rings (SSSR count). The van der Waals surface area contributed by atoms with Crippen molar-refractivity contribution in [3.63, 3.8) is 0 Å². The Morgan fingerprint density at radius 3 is 1.50 bits per heavy atom. The smallest absolute Gasteiger partial charge is 0.195 e. The van der Waals surface area contributed by atoms with Gasteiger partial charge >= 0.3 is 0 Å². The summed E-state index contributed by atoms with van der Waals surface area (Å²) < 4.78 is 0. The first-order chi connectivity index (χ1) is 9.43. The van der Waals surface area contributed by atoms with Gasteiger partial charge in [-0.2, -0.15) is 0 Å². The number of fused-ring (bicyclic) bond motifs is 2. The first kappa shape index (κ1) is 12.4. The predicted molar refractivity (Wildman–Crippen MR) is 72.6 cm³/mol. The molecular weight excluding hydrogens is 256 g/mol. The molecule has 0 heterocycles. The normalized spacial score (nSPS) is 13.1. The Labute approximate surface area is 115 Å². The van der Waals surface area contributed by atoms with Gasteiger partial charge in [0.2, 0.25) is 0 Å². The summed E-state index contributed by atoms with van der Waals surface area (Å²) >= 11 is 0. The van der Waals surface area contributed by atoms with Crippen molar-refractivity contribution < 1.29 is 19.8 Å². The molecule has 0 atom stereocenters. The third-order valence-electron chi connectivity index (χ3n) is 3.82. The van der Waals surface area contributed by atoms with Crippen molar-refractivity contribution in [1.82, 2.24) is 0 Å². The average molecular weight is 268 g/mol. The van der Waals surface area contributed by atoms with Gasteiger partial charge in [0.25, 0.3) is 0 Å². The maximum absolute atomic E-state index is 12.6. The zero-order chi connectivity index (χ0) is 14.6. The Kier molecular flexibility index (Phi) is 2.44. The Bertz CT molecular complexity index is 724. The average Bonchev–Trinajstić information content (AvgIpc) is 2.42. The second kappa shape index (κ2) is 3.93. The molecule has 0 radical (unpaired) electrons. The third kappa shape index (κ3) is 1.42. The Hall–Kier alpha value is -2.62. The molecule has 0 bridgehead atoms. The molecule has 0 saturated carbocycles. The molecule has 0 unspecified atom stereocenters. The van der Waals surface area contributed by atoms with E-state index >= 15 is 0 Å². The van der Waals surface area contributed by atoms with Gasteiger partial charge in [-0.25, -0.2) is 0 Å². The highest BCUT2D eigenvalue weighted by Gasteiger charge is 2.33. The zero-order valence-electron chi connectivity index (χ0n) is 11.0. The van der Waals surface area contributed by atoms with Crippen LogP contribution in [0.1, 0.15) is 43.0 Å². The molecule has 2 aromatic rings. The quantitative estimate of drug-likeness (QED) is 0.657. The second-order valence-corrected chi connectivity index (χ2v) is 4.92. The number of hydrogen-bond donors (Lipinski definition) is 2. The van der Waals surface area contributed by atoms with Crippen LogP contribution in [0.3, 0.4) is 0 Å². The summed E-state index contributed by atoms with van der Waals surface area (Å²) in [5, 5.41) is 19.5. The molecule has 1 aliphatic rings. The fraction of sp³-hybridized carbons (Fsp3) is 0.125. The number of benzene rings is 2. The van der Waals surface area contributed by atoms with Crippen LogP contribution >= 0.6 is 0 Å². The highest BCUT2D eigenvalue weighted by molar-refractivity contribution is 6.29. The van der Waals surface area contributed by atoms with Crippen LogP contribution in [-0.2, 0) is 0 Å². The van der Waals surface area contributed by atoms with Gasteiger partial charge in [-0.1, -0.05) is 0 Å². The van der Waals surface area contributed by atoms with Gasteiger partial charge in [-0.05, 0) is 38.1 Å². The molecule has 2 aromatic carbocycles. The first-order valence-electron chi connectivity index (χ1n) is 6.18. The topological polar surface area (TPSA) is 74.6 Å². The van der Waals surface area contributed by atoms with E-state index in [1.165, 1.54) is 24.3 Å². The van der Waals surface area contributed by atoms with Crippen LogP contribution in [-0.4, -0.2) is 21.8 Å². The third-order valence-corrected chi connectivity index (χ3v) is 3.82. The van der Waals surface area contributed by atoms with Crippen molar-refractivity contribution in [2.75, 3.05) is 0 Å². The molecule has 100 valence electrons. The van der Waals surface area contributed by atoms with E-state index in [2.05, 4.69) is 0 Å². The number of ketones is 2. The summed E-state index contributed by atoms with van der Waals surface area (Å²) in [6.45, 7) is 3.20. The van der Waals surface area contributed by atoms with Crippen LogP contribution in [0.15, 0.2) is 24.3 Å². The summed E-state index contributed by atoms with van der Waals surface area (Å²) in [5.74, 6) is -0.644. The number of carbonyl (C=O) groups is 2. The lowest BCUT2D eigenvalue weighted by atomic mass is 9.80. The molecule has 2 N–H and O–H groups in total. The minimum Gasteiger partial charge on any atom is -0.508 e. The number of phenolic OH excluding ortho intramolecular Hbond substituents is 2. The monoisotopic (exact) mass is 268 g/mol. The van der Waals surface area contributed by atoms with Crippen molar-refractivity contribution in [2.45, 2.75) is 13.8 Å². The van der Waals surface area contributed by atoms with Crippen LogP contribution in [0.5, 0.6) is 11.5 Å². The van der Waals surface area contributed by atoms with Crippen LogP contribution in [0.25, 0.3) is 0 Å². The number of phenols is 2. The largest absolute Gasteiger partial charge is 0.508 e. The maximum atomic E-state index is 12.6. The Morgan fingerprint density at radius 1 is 0.700 bits per heavy atom. The molecule has 0 spiro atoms. The molecule has 20 heavy (non-hydrogen) atoms. The maximum Gasteiger partial charge on any atom is 0.195 e. The number of hydrogen-bond acceptors (Lipinski definition) is 4. The summed E-state index contributed by atoms with van der Waals surface area (Å²) in [4.78, 5) is 25.1. The van der Waals surface area contributed by atoms with E-state index in [0.29, 0.717) is 22.3 Å².